The van der Waals surface area contributed by atoms with Crippen LogP contribution in [0.1, 0.15) is 31.9 Å². The van der Waals surface area contributed by atoms with Gasteiger partial charge >= 0.3 is 0 Å². The van der Waals surface area contributed by atoms with Gasteiger partial charge in [0.2, 0.25) is 10.0 Å². The highest BCUT2D eigenvalue weighted by atomic mass is 32.2. The molecule has 0 aliphatic rings. The molecule has 1 rings (SSSR count). The Bertz CT molecular complexity index is 561. The topological polar surface area (TPSA) is 72.2 Å². The zero-order valence-corrected chi connectivity index (χ0v) is 12.4. The van der Waals surface area contributed by atoms with Crippen LogP contribution in [-0.4, -0.2) is 18.7 Å². The number of rotatable bonds is 6. The van der Waals surface area contributed by atoms with Crippen molar-refractivity contribution in [1.29, 1.82) is 0 Å². The number of benzene rings is 1. The lowest BCUT2D eigenvalue weighted by molar-refractivity contribution is 0.558. The molecule has 0 amide bonds. The monoisotopic (exact) mass is 304 g/mol. The molecule has 1 aromatic carbocycles. The van der Waals surface area contributed by atoms with Gasteiger partial charge in [-0.05, 0) is 31.0 Å². The van der Waals surface area contributed by atoms with E-state index >= 15 is 0 Å². The second kappa shape index (κ2) is 6.40. The van der Waals surface area contributed by atoms with E-state index < -0.39 is 27.1 Å². The van der Waals surface area contributed by atoms with Crippen LogP contribution >= 0.6 is 12.2 Å². The Labute approximate surface area is 118 Å². The lowest BCUT2D eigenvalue weighted by Crippen LogP contribution is -2.42. The molecule has 0 bridgehead atoms. The standard InChI is InChI=1S/C12H17FN2O2S2/c1-3-11(12(14)18)19(16,17)15-8(2)9-5-4-6-10(13)7-9/h4-8,11,15H,3H2,1-2H3,(H2,14,18). The van der Waals surface area contributed by atoms with E-state index in [2.05, 4.69) is 4.72 Å². The molecular formula is C12H17FN2O2S2. The van der Waals surface area contributed by atoms with E-state index in [1.807, 2.05) is 0 Å². The molecule has 0 radical (unpaired) electrons. The maximum absolute atomic E-state index is 13.1. The van der Waals surface area contributed by atoms with Crippen molar-refractivity contribution in [2.75, 3.05) is 0 Å². The third kappa shape index (κ3) is 4.22. The first-order chi connectivity index (χ1) is 8.77. The summed E-state index contributed by atoms with van der Waals surface area (Å²) in [6, 6.07) is 5.21. The summed E-state index contributed by atoms with van der Waals surface area (Å²) in [5.74, 6) is -0.412. The summed E-state index contributed by atoms with van der Waals surface area (Å²) < 4.78 is 39.8. The van der Waals surface area contributed by atoms with E-state index in [4.69, 9.17) is 18.0 Å². The van der Waals surface area contributed by atoms with Gasteiger partial charge < -0.3 is 5.73 Å². The number of hydrogen-bond donors (Lipinski definition) is 2. The Hall–Kier alpha value is -1.05. The van der Waals surface area contributed by atoms with Gasteiger partial charge in [-0.25, -0.2) is 17.5 Å². The first-order valence-electron chi connectivity index (χ1n) is 5.84. The predicted molar refractivity (Wildman–Crippen MR) is 77.7 cm³/mol. The van der Waals surface area contributed by atoms with Gasteiger partial charge in [-0.3, -0.25) is 0 Å². The molecule has 0 heterocycles. The molecule has 7 heteroatoms. The lowest BCUT2D eigenvalue weighted by Gasteiger charge is -2.19. The second-order valence-corrected chi connectivity index (χ2v) is 6.60. The van der Waals surface area contributed by atoms with Gasteiger partial charge in [0.25, 0.3) is 0 Å². The molecule has 2 unspecified atom stereocenters. The maximum atomic E-state index is 13.1. The molecule has 1 aromatic rings. The fourth-order valence-corrected chi connectivity index (χ4v) is 3.83. The predicted octanol–water partition coefficient (Wildman–Crippen LogP) is 1.87. The average Bonchev–Trinajstić information content (AvgIpc) is 2.28. The van der Waals surface area contributed by atoms with Crippen molar-refractivity contribution in [3.63, 3.8) is 0 Å². The SMILES string of the molecule is CCC(C(N)=S)S(=O)(=O)NC(C)c1cccc(F)c1. The molecule has 0 aromatic heterocycles. The zero-order chi connectivity index (χ0) is 14.6. The Morgan fingerprint density at radius 3 is 2.63 bits per heavy atom. The number of nitrogens with one attached hydrogen (secondary N) is 1. The number of sulfonamides is 1. The van der Waals surface area contributed by atoms with Crippen molar-refractivity contribution in [3.05, 3.63) is 35.6 Å². The summed E-state index contributed by atoms with van der Waals surface area (Å²) in [6.07, 6.45) is 0.292. The van der Waals surface area contributed by atoms with Gasteiger partial charge in [0, 0.05) is 6.04 Å². The molecule has 0 spiro atoms. The highest BCUT2D eigenvalue weighted by Gasteiger charge is 2.28. The van der Waals surface area contributed by atoms with Crippen molar-refractivity contribution in [2.45, 2.75) is 31.6 Å². The van der Waals surface area contributed by atoms with Crippen LogP contribution in [0.4, 0.5) is 4.39 Å². The minimum atomic E-state index is -3.67. The molecule has 106 valence electrons. The quantitative estimate of drug-likeness (QED) is 0.787. The third-order valence-electron chi connectivity index (χ3n) is 2.75. The summed E-state index contributed by atoms with van der Waals surface area (Å²) in [7, 11) is -3.67. The van der Waals surface area contributed by atoms with E-state index in [0.717, 1.165) is 0 Å². The van der Waals surface area contributed by atoms with E-state index in [1.165, 1.54) is 18.2 Å². The van der Waals surface area contributed by atoms with Crippen molar-refractivity contribution >= 4 is 27.2 Å². The number of thiocarbonyl (C=S) groups is 1. The van der Waals surface area contributed by atoms with Crippen LogP contribution in [0.25, 0.3) is 0 Å². The largest absolute Gasteiger partial charge is 0.392 e. The summed E-state index contributed by atoms with van der Waals surface area (Å²) in [5, 5.41) is -0.918. The van der Waals surface area contributed by atoms with Gasteiger partial charge in [0.05, 0.1) is 4.99 Å². The number of nitrogens with two attached hydrogens (primary N) is 1. The number of halogens is 1. The fraction of sp³-hybridized carbons (Fsp3) is 0.417. The molecule has 0 saturated heterocycles. The van der Waals surface area contributed by atoms with Crippen LogP contribution in [0, 0.1) is 5.82 Å². The van der Waals surface area contributed by atoms with Gasteiger partial charge in [-0.2, -0.15) is 0 Å². The number of hydrogen-bond acceptors (Lipinski definition) is 3. The zero-order valence-electron chi connectivity index (χ0n) is 10.8. The first-order valence-corrected chi connectivity index (χ1v) is 7.79. The highest BCUT2D eigenvalue weighted by molar-refractivity contribution is 7.93. The summed E-state index contributed by atoms with van der Waals surface area (Å²) in [4.78, 5) is -0.0681. The molecule has 0 fully saturated rings. The van der Waals surface area contributed by atoms with Crippen LogP contribution in [0.15, 0.2) is 24.3 Å². The second-order valence-electron chi connectivity index (χ2n) is 4.24. The highest BCUT2D eigenvalue weighted by Crippen LogP contribution is 2.16. The molecule has 0 saturated carbocycles. The molecule has 0 aliphatic carbocycles. The van der Waals surface area contributed by atoms with E-state index in [9.17, 15) is 12.8 Å². The van der Waals surface area contributed by atoms with Crippen molar-refractivity contribution in [1.82, 2.24) is 4.72 Å². The Kier molecular flexibility index (Phi) is 5.39. The summed E-state index contributed by atoms with van der Waals surface area (Å²) >= 11 is 4.75. The minimum absolute atomic E-state index is 0.0681. The molecule has 0 aliphatic heterocycles. The molecular weight excluding hydrogens is 287 g/mol. The van der Waals surface area contributed by atoms with Crippen molar-refractivity contribution in [2.24, 2.45) is 5.73 Å². The third-order valence-corrected chi connectivity index (χ3v) is 5.20. The van der Waals surface area contributed by atoms with Crippen molar-refractivity contribution in [3.8, 4) is 0 Å². The molecule has 4 nitrogen and oxygen atoms in total. The van der Waals surface area contributed by atoms with Gasteiger partial charge in [0.15, 0.2) is 0 Å². The normalized spacial score (nSPS) is 14.9. The van der Waals surface area contributed by atoms with Crippen LogP contribution in [0.3, 0.4) is 0 Å². The first kappa shape index (κ1) is 16.0. The molecule has 3 N–H and O–H groups in total. The summed E-state index contributed by atoms with van der Waals surface area (Å²) in [6.45, 7) is 3.33. The lowest BCUT2D eigenvalue weighted by atomic mass is 10.1. The Balaban J connectivity index is 2.92. The summed E-state index contributed by atoms with van der Waals surface area (Å²) in [5.41, 5.74) is 5.97. The fourth-order valence-electron chi connectivity index (χ4n) is 1.75. The maximum Gasteiger partial charge on any atom is 0.221 e. The molecule has 2 atom stereocenters. The minimum Gasteiger partial charge on any atom is -0.392 e. The van der Waals surface area contributed by atoms with E-state index in [0.29, 0.717) is 12.0 Å². The van der Waals surface area contributed by atoms with E-state index in [1.54, 1.807) is 19.9 Å². The van der Waals surface area contributed by atoms with E-state index in [-0.39, 0.29) is 4.99 Å². The van der Waals surface area contributed by atoms with Crippen molar-refractivity contribution < 1.29 is 12.8 Å². The smallest absolute Gasteiger partial charge is 0.221 e. The Morgan fingerprint density at radius 1 is 1.53 bits per heavy atom. The van der Waals surface area contributed by atoms with Crippen LogP contribution in [0.5, 0.6) is 0 Å². The average molecular weight is 304 g/mol. The van der Waals surface area contributed by atoms with Crippen LogP contribution in [0.2, 0.25) is 0 Å². The molecule has 19 heavy (non-hydrogen) atoms. The van der Waals surface area contributed by atoms with Crippen LogP contribution in [-0.2, 0) is 10.0 Å². The van der Waals surface area contributed by atoms with Gasteiger partial charge in [-0.15, -0.1) is 0 Å². The van der Waals surface area contributed by atoms with Gasteiger partial charge in [-0.1, -0.05) is 31.3 Å². The van der Waals surface area contributed by atoms with Gasteiger partial charge in [0.1, 0.15) is 11.1 Å². The Morgan fingerprint density at radius 2 is 2.16 bits per heavy atom. The van der Waals surface area contributed by atoms with Crippen LogP contribution < -0.4 is 10.5 Å².